The highest BCUT2D eigenvalue weighted by atomic mass is 16.5. The number of nitrogen functional groups attached to an aromatic ring is 2. The molecular formula is C9H12N2O3. The third kappa shape index (κ3) is 2.29. The molecule has 0 aliphatic carbocycles. The van der Waals surface area contributed by atoms with Crippen molar-refractivity contribution in [3.63, 3.8) is 0 Å². The molecule has 1 aromatic rings. The lowest BCUT2D eigenvalue weighted by atomic mass is 10.2. The lowest BCUT2D eigenvalue weighted by Crippen LogP contribution is -2.23. The number of anilines is 2. The van der Waals surface area contributed by atoms with Gasteiger partial charge >= 0.3 is 5.97 Å². The topological polar surface area (TPSA) is 98.6 Å². The van der Waals surface area contributed by atoms with Crippen LogP contribution in [0.3, 0.4) is 0 Å². The molecule has 1 unspecified atom stereocenters. The molecule has 0 heterocycles. The molecule has 0 saturated carbocycles. The Kier molecular flexibility index (Phi) is 2.81. The molecular weight excluding hydrogens is 184 g/mol. The van der Waals surface area contributed by atoms with Crippen molar-refractivity contribution >= 4 is 17.3 Å². The quantitative estimate of drug-likeness (QED) is 0.618. The van der Waals surface area contributed by atoms with Crippen molar-refractivity contribution < 1.29 is 14.6 Å². The van der Waals surface area contributed by atoms with E-state index < -0.39 is 12.1 Å². The minimum Gasteiger partial charge on any atom is -0.479 e. The number of carboxylic acid groups (broad SMARTS) is 1. The average molecular weight is 196 g/mol. The molecule has 0 aliphatic heterocycles. The molecule has 5 nitrogen and oxygen atoms in total. The maximum Gasteiger partial charge on any atom is 0.344 e. The van der Waals surface area contributed by atoms with Crippen LogP contribution >= 0.6 is 0 Å². The Labute approximate surface area is 81.3 Å². The van der Waals surface area contributed by atoms with E-state index in [-0.39, 0.29) is 0 Å². The summed E-state index contributed by atoms with van der Waals surface area (Å²) in [6, 6.07) is 4.66. The molecule has 0 bridgehead atoms. The fourth-order valence-electron chi connectivity index (χ4n) is 0.915. The Hall–Kier alpha value is -1.91. The van der Waals surface area contributed by atoms with E-state index in [1.807, 2.05) is 0 Å². The third-order valence-electron chi connectivity index (χ3n) is 1.69. The standard InChI is InChI=1S/C9H12N2O3/c1-5(9(12)13)14-8-3-2-6(10)4-7(8)11/h2-5H,10-11H2,1H3,(H,12,13). The molecule has 14 heavy (non-hydrogen) atoms. The lowest BCUT2D eigenvalue weighted by molar-refractivity contribution is -0.144. The van der Waals surface area contributed by atoms with Crippen molar-refractivity contribution in [3.8, 4) is 5.75 Å². The smallest absolute Gasteiger partial charge is 0.344 e. The summed E-state index contributed by atoms with van der Waals surface area (Å²) in [4.78, 5) is 10.5. The average Bonchev–Trinajstić information content (AvgIpc) is 2.09. The minimum atomic E-state index is -1.04. The zero-order valence-corrected chi connectivity index (χ0v) is 7.73. The number of ether oxygens (including phenoxy) is 1. The van der Waals surface area contributed by atoms with Gasteiger partial charge in [0.1, 0.15) is 5.75 Å². The van der Waals surface area contributed by atoms with Crippen LogP contribution in [-0.4, -0.2) is 17.2 Å². The van der Waals surface area contributed by atoms with Gasteiger partial charge in [0, 0.05) is 5.69 Å². The van der Waals surface area contributed by atoms with E-state index in [0.717, 1.165) is 0 Å². The third-order valence-corrected chi connectivity index (χ3v) is 1.69. The van der Waals surface area contributed by atoms with Gasteiger partial charge in [-0.15, -0.1) is 0 Å². The summed E-state index contributed by atoms with van der Waals surface area (Å²) in [5.41, 5.74) is 11.9. The molecule has 5 N–H and O–H groups in total. The zero-order valence-electron chi connectivity index (χ0n) is 7.73. The van der Waals surface area contributed by atoms with Crippen LogP contribution in [-0.2, 0) is 4.79 Å². The first-order chi connectivity index (χ1) is 6.50. The van der Waals surface area contributed by atoms with Gasteiger partial charge in [-0.25, -0.2) is 4.79 Å². The molecule has 5 heteroatoms. The Morgan fingerprint density at radius 2 is 2.14 bits per heavy atom. The van der Waals surface area contributed by atoms with Crippen molar-refractivity contribution in [2.45, 2.75) is 13.0 Å². The Bertz CT molecular complexity index is 352. The van der Waals surface area contributed by atoms with Crippen molar-refractivity contribution in [3.05, 3.63) is 18.2 Å². The van der Waals surface area contributed by atoms with Gasteiger partial charge in [0.2, 0.25) is 0 Å². The van der Waals surface area contributed by atoms with E-state index in [0.29, 0.717) is 17.1 Å². The number of nitrogens with two attached hydrogens (primary N) is 2. The maximum atomic E-state index is 10.5. The van der Waals surface area contributed by atoms with Gasteiger partial charge in [-0.05, 0) is 25.1 Å². The van der Waals surface area contributed by atoms with Gasteiger partial charge < -0.3 is 21.3 Å². The lowest BCUT2D eigenvalue weighted by Gasteiger charge is -2.12. The number of hydrogen-bond acceptors (Lipinski definition) is 4. The van der Waals surface area contributed by atoms with Crippen molar-refractivity contribution in [1.29, 1.82) is 0 Å². The van der Waals surface area contributed by atoms with Crippen LogP contribution in [0.5, 0.6) is 5.75 Å². The Balaban J connectivity index is 2.82. The summed E-state index contributed by atoms with van der Waals surface area (Å²) in [6.45, 7) is 1.43. The fourth-order valence-corrected chi connectivity index (χ4v) is 0.915. The van der Waals surface area contributed by atoms with Crippen LogP contribution in [0.1, 0.15) is 6.92 Å². The summed E-state index contributed by atoms with van der Waals surface area (Å²) in [6.07, 6.45) is -0.930. The molecule has 0 amide bonds. The summed E-state index contributed by atoms with van der Waals surface area (Å²) < 4.78 is 5.08. The van der Waals surface area contributed by atoms with Gasteiger partial charge in [0.05, 0.1) is 5.69 Å². The van der Waals surface area contributed by atoms with Crippen molar-refractivity contribution in [2.75, 3.05) is 11.5 Å². The molecule has 0 saturated heterocycles. The molecule has 1 rings (SSSR count). The van der Waals surface area contributed by atoms with E-state index in [9.17, 15) is 4.79 Å². The number of rotatable bonds is 3. The second-order valence-electron chi connectivity index (χ2n) is 2.90. The monoisotopic (exact) mass is 196 g/mol. The summed E-state index contributed by atoms with van der Waals surface area (Å²) in [5.74, 6) is -0.713. The highest BCUT2D eigenvalue weighted by Gasteiger charge is 2.13. The number of carboxylic acids is 1. The number of hydrogen-bond donors (Lipinski definition) is 3. The number of carbonyl (C=O) groups is 1. The van der Waals surface area contributed by atoms with Gasteiger partial charge in [-0.3, -0.25) is 0 Å². The van der Waals surface area contributed by atoms with E-state index in [4.69, 9.17) is 21.3 Å². The Morgan fingerprint density at radius 1 is 1.50 bits per heavy atom. The number of benzene rings is 1. The molecule has 0 fully saturated rings. The normalized spacial score (nSPS) is 12.1. The van der Waals surface area contributed by atoms with Crippen LogP contribution in [0.2, 0.25) is 0 Å². The van der Waals surface area contributed by atoms with Gasteiger partial charge in [-0.1, -0.05) is 0 Å². The zero-order chi connectivity index (χ0) is 10.7. The van der Waals surface area contributed by atoms with Gasteiger partial charge in [0.15, 0.2) is 6.10 Å². The molecule has 0 spiro atoms. The number of aliphatic carboxylic acids is 1. The van der Waals surface area contributed by atoms with Crippen LogP contribution in [0.15, 0.2) is 18.2 Å². The van der Waals surface area contributed by atoms with Crippen LogP contribution in [0, 0.1) is 0 Å². The second-order valence-corrected chi connectivity index (χ2v) is 2.90. The van der Waals surface area contributed by atoms with Crippen LogP contribution in [0.4, 0.5) is 11.4 Å². The first kappa shape index (κ1) is 10.2. The van der Waals surface area contributed by atoms with Crippen molar-refractivity contribution in [2.24, 2.45) is 0 Å². The van der Waals surface area contributed by atoms with Crippen LogP contribution in [0.25, 0.3) is 0 Å². The molecule has 0 aromatic heterocycles. The van der Waals surface area contributed by atoms with Gasteiger partial charge in [-0.2, -0.15) is 0 Å². The summed E-state index contributed by atoms with van der Waals surface area (Å²) >= 11 is 0. The van der Waals surface area contributed by atoms with Crippen molar-refractivity contribution in [1.82, 2.24) is 0 Å². The minimum absolute atomic E-state index is 0.328. The van der Waals surface area contributed by atoms with Crippen LogP contribution < -0.4 is 16.2 Å². The van der Waals surface area contributed by atoms with Gasteiger partial charge in [0.25, 0.3) is 0 Å². The maximum absolute atomic E-state index is 10.5. The fraction of sp³-hybridized carbons (Fsp3) is 0.222. The highest BCUT2D eigenvalue weighted by Crippen LogP contribution is 2.24. The van der Waals surface area contributed by atoms with E-state index >= 15 is 0 Å². The Morgan fingerprint density at radius 3 is 2.64 bits per heavy atom. The molecule has 76 valence electrons. The first-order valence-corrected chi connectivity index (χ1v) is 4.05. The first-order valence-electron chi connectivity index (χ1n) is 4.05. The summed E-state index contributed by atoms with van der Waals surface area (Å²) in [5, 5.41) is 8.60. The highest BCUT2D eigenvalue weighted by molar-refractivity contribution is 5.73. The summed E-state index contributed by atoms with van der Waals surface area (Å²) in [7, 11) is 0. The molecule has 0 aliphatic rings. The van der Waals surface area contributed by atoms with E-state index in [1.54, 1.807) is 12.1 Å². The van der Waals surface area contributed by atoms with E-state index in [1.165, 1.54) is 13.0 Å². The SMILES string of the molecule is CC(Oc1ccc(N)cc1N)C(=O)O. The molecule has 1 aromatic carbocycles. The predicted octanol–water partition coefficient (Wildman–Crippen LogP) is 0.703. The second kappa shape index (κ2) is 3.87. The molecule has 1 atom stereocenters. The largest absolute Gasteiger partial charge is 0.479 e. The molecule has 0 radical (unpaired) electrons. The predicted molar refractivity (Wildman–Crippen MR) is 53.0 cm³/mol. The van der Waals surface area contributed by atoms with E-state index in [2.05, 4.69) is 0 Å².